The molecule has 5 heteroatoms. The van der Waals surface area contributed by atoms with E-state index < -0.39 is 0 Å². The van der Waals surface area contributed by atoms with Crippen LogP contribution in [0.25, 0.3) is 0 Å². The molecule has 0 heterocycles. The first-order valence-corrected chi connectivity index (χ1v) is 6.76. The Balaban J connectivity index is 2.95. The zero-order chi connectivity index (χ0) is 15.1. The predicted octanol–water partition coefficient (Wildman–Crippen LogP) is 1.56. The second kappa shape index (κ2) is 7.65. The van der Waals surface area contributed by atoms with Gasteiger partial charge in [0.1, 0.15) is 0 Å². The van der Waals surface area contributed by atoms with Crippen LogP contribution in [0.2, 0.25) is 0 Å². The number of aliphatic hydroxyl groups excluding tert-OH is 1. The monoisotopic (exact) mass is 278 g/mol. The Morgan fingerprint density at radius 1 is 1.35 bits per heavy atom. The second-order valence-corrected chi connectivity index (χ2v) is 4.69. The van der Waals surface area contributed by atoms with E-state index in [1.807, 2.05) is 6.92 Å². The molecule has 0 fully saturated rings. The minimum absolute atomic E-state index is 0.0355. The summed E-state index contributed by atoms with van der Waals surface area (Å²) >= 11 is 0. The minimum Gasteiger partial charge on any atom is -0.396 e. The highest BCUT2D eigenvalue weighted by atomic mass is 16.3. The van der Waals surface area contributed by atoms with E-state index in [2.05, 4.69) is 5.32 Å². The maximum absolute atomic E-state index is 12.3. The zero-order valence-electron chi connectivity index (χ0n) is 12.2. The average molecular weight is 278 g/mol. The van der Waals surface area contributed by atoms with E-state index in [1.165, 1.54) is 11.8 Å². The Labute approximate surface area is 119 Å². The van der Waals surface area contributed by atoms with Gasteiger partial charge in [0.05, 0.1) is 11.3 Å². The normalized spacial score (nSPS) is 11.8. The summed E-state index contributed by atoms with van der Waals surface area (Å²) in [5.74, 6) is -0.360. The van der Waals surface area contributed by atoms with Gasteiger partial charge in [-0.3, -0.25) is 9.59 Å². The largest absolute Gasteiger partial charge is 0.396 e. The molecule has 1 rings (SSSR count). The molecule has 0 saturated carbocycles. The summed E-state index contributed by atoms with van der Waals surface area (Å²) in [6, 6.07) is 6.91. The molecule has 1 aromatic rings. The van der Waals surface area contributed by atoms with Gasteiger partial charge in [-0.05, 0) is 25.0 Å². The maximum atomic E-state index is 12.3. The Hall–Kier alpha value is -1.88. The molecule has 0 spiro atoms. The van der Waals surface area contributed by atoms with Crippen LogP contribution in [-0.4, -0.2) is 36.6 Å². The van der Waals surface area contributed by atoms with Gasteiger partial charge in [0, 0.05) is 26.6 Å². The van der Waals surface area contributed by atoms with E-state index in [-0.39, 0.29) is 24.5 Å². The first kappa shape index (κ1) is 16.2. The third kappa shape index (κ3) is 4.06. The van der Waals surface area contributed by atoms with E-state index in [0.29, 0.717) is 17.7 Å². The number of carbonyl (C=O) groups is 2. The van der Waals surface area contributed by atoms with Crippen molar-refractivity contribution in [1.29, 1.82) is 0 Å². The number of para-hydroxylation sites is 1. The molecule has 20 heavy (non-hydrogen) atoms. The highest BCUT2D eigenvalue weighted by molar-refractivity contribution is 6.04. The van der Waals surface area contributed by atoms with E-state index >= 15 is 0 Å². The Bertz CT molecular complexity index is 474. The number of carbonyl (C=O) groups excluding carboxylic acids is 2. The van der Waals surface area contributed by atoms with Gasteiger partial charge in [0.2, 0.25) is 5.91 Å². The van der Waals surface area contributed by atoms with Crippen LogP contribution in [0.5, 0.6) is 0 Å². The summed E-state index contributed by atoms with van der Waals surface area (Å²) in [5, 5.41) is 11.8. The smallest absolute Gasteiger partial charge is 0.253 e. The van der Waals surface area contributed by atoms with Crippen LogP contribution in [0.1, 0.15) is 37.0 Å². The van der Waals surface area contributed by atoms with Crippen LogP contribution in [0.3, 0.4) is 0 Å². The number of anilines is 1. The SMILES string of the molecule is CCC(CCO)NC(=O)c1ccccc1N(C)C(C)=O. The summed E-state index contributed by atoms with van der Waals surface area (Å²) < 4.78 is 0. The molecule has 0 aliphatic carbocycles. The molecular weight excluding hydrogens is 256 g/mol. The maximum Gasteiger partial charge on any atom is 0.253 e. The fourth-order valence-corrected chi connectivity index (χ4v) is 1.93. The Kier molecular flexibility index (Phi) is 6.18. The van der Waals surface area contributed by atoms with Gasteiger partial charge in [-0.15, -0.1) is 0 Å². The third-order valence-corrected chi connectivity index (χ3v) is 3.29. The molecule has 0 aliphatic heterocycles. The second-order valence-electron chi connectivity index (χ2n) is 4.69. The van der Waals surface area contributed by atoms with Crippen LogP contribution in [-0.2, 0) is 4.79 Å². The number of hydrogen-bond acceptors (Lipinski definition) is 3. The molecule has 0 aliphatic rings. The van der Waals surface area contributed by atoms with E-state index in [1.54, 1.807) is 31.3 Å². The molecule has 110 valence electrons. The topological polar surface area (TPSA) is 69.6 Å². The lowest BCUT2D eigenvalue weighted by atomic mass is 10.1. The number of nitrogens with one attached hydrogen (secondary N) is 1. The molecular formula is C15H22N2O3. The molecule has 2 amide bonds. The van der Waals surface area contributed by atoms with Gasteiger partial charge in [0.15, 0.2) is 0 Å². The fraction of sp³-hybridized carbons (Fsp3) is 0.467. The van der Waals surface area contributed by atoms with Crippen molar-refractivity contribution in [2.45, 2.75) is 32.7 Å². The van der Waals surface area contributed by atoms with Gasteiger partial charge >= 0.3 is 0 Å². The first-order chi connectivity index (χ1) is 9.51. The van der Waals surface area contributed by atoms with Crippen LogP contribution in [0.15, 0.2) is 24.3 Å². The van der Waals surface area contributed by atoms with Gasteiger partial charge in [-0.25, -0.2) is 0 Å². The van der Waals surface area contributed by atoms with Gasteiger partial charge in [0.25, 0.3) is 5.91 Å². The lowest BCUT2D eigenvalue weighted by Gasteiger charge is -2.21. The summed E-state index contributed by atoms with van der Waals surface area (Å²) in [4.78, 5) is 25.2. The van der Waals surface area contributed by atoms with Crippen molar-refractivity contribution in [3.8, 4) is 0 Å². The molecule has 2 N–H and O–H groups in total. The summed E-state index contributed by atoms with van der Waals surface area (Å²) in [6.07, 6.45) is 1.27. The van der Waals surface area contributed by atoms with Gasteiger partial charge in [-0.1, -0.05) is 19.1 Å². The first-order valence-electron chi connectivity index (χ1n) is 6.76. The lowest BCUT2D eigenvalue weighted by molar-refractivity contribution is -0.116. The number of hydrogen-bond donors (Lipinski definition) is 2. The molecule has 1 aromatic carbocycles. The molecule has 1 atom stereocenters. The van der Waals surface area contributed by atoms with Crippen molar-refractivity contribution >= 4 is 17.5 Å². The van der Waals surface area contributed by atoms with Gasteiger partial charge < -0.3 is 15.3 Å². The highest BCUT2D eigenvalue weighted by Crippen LogP contribution is 2.19. The highest BCUT2D eigenvalue weighted by Gasteiger charge is 2.18. The Morgan fingerprint density at radius 2 is 2.00 bits per heavy atom. The van der Waals surface area contributed by atoms with Crippen molar-refractivity contribution < 1.29 is 14.7 Å². The summed E-state index contributed by atoms with van der Waals surface area (Å²) in [5.41, 5.74) is 1.04. The van der Waals surface area contributed by atoms with E-state index in [4.69, 9.17) is 5.11 Å². The third-order valence-electron chi connectivity index (χ3n) is 3.29. The Morgan fingerprint density at radius 3 is 2.55 bits per heavy atom. The molecule has 0 saturated heterocycles. The number of aliphatic hydroxyl groups is 1. The standard InChI is InChI=1S/C15H22N2O3/c1-4-12(9-10-18)16-15(20)13-7-5-6-8-14(13)17(3)11(2)19/h5-8,12,18H,4,9-10H2,1-3H3,(H,16,20). The fourth-order valence-electron chi connectivity index (χ4n) is 1.93. The van der Waals surface area contributed by atoms with E-state index in [9.17, 15) is 9.59 Å². The van der Waals surface area contributed by atoms with Crippen molar-refractivity contribution in [2.75, 3.05) is 18.6 Å². The number of rotatable bonds is 6. The number of nitrogens with zero attached hydrogens (tertiary/aromatic N) is 1. The summed E-state index contributed by atoms with van der Waals surface area (Å²) in [7, 11) is 1.64. The molecule has 0 radical (unpaired) electrons. The molecule has 5 nitrogen and oxygen atoms in total. The number of amides is 2. The molecule has 1 unspecified atom stereocenters. The lowest BCUT2D eigenvalue weighted by Crippen LogP contribution is -2.36. The predicted molar refractivity (Wildman–Crippen MR) is 78.8 cm³/mol. The van der Waals surface area contributed by atoms with Crippen molar-refractivity contribution in [3.63, 3.8) is 0 Å². The van der Waals surface area contributed by atoms with Crippen LogP contribution in [0.4, 0.5) is 5.69 Å². The van der Waals surface area contributed by atoms with Crippen molar-refractivity contribution in [3.05, 3.63) is 29.8 Å². The van der Waals surface area contributed by atoms with Crippen LogP contribution < -0.4 is 10.2 Å². The van der Waals surface area contributed by atoms with E-state index in [0.717, 1.165) is 6.42 Å². The zero-order valence-corrected chi connectivity index (χ0v) is 12.2. The minimum atomic E-state index is -0.228. The average Bonchev–Trinajstić information content (AvgIpc) is 2.45. The van der Waals surface area contributed by atoms with Crippen LogP contribution >= 0.6 is 0 Å². The molecule has 0 bridgehead atoms. The van der Waals surface area contributed by atoms with Crippen molar-refractivity contribution in [1.82, 2.24) is 5.32 Å². The number of benzene rings is 1. The molecule has 0 aromatic heterocycles. The van der Waals surface area contributed by atoms with Crippen LogP contribution in [0, 0.1) is 0 Å². The van der Waals surface area contributed by atoms with Crippen molar-refractivity contribution in [2.24, 2.45) is 0 Å². The summed E-state index contributed by atoms with van der Waals surface area (Å²) in [6.45, 7) is 3.44. The van der Waals surface area contributed by atoms with Gasteiger partial charge in [-0.2, -0.15) is 0 Å². The quantitative estimate of drug-likeness (QED) is 0.829.